The van der Waals surface area contributed by atoms with E-state index in [-0.39, 0.29) is 10.9 Å². The van der Waals surface area contributed by atoms with Crippen LogP contribution in [0.2, 0.25) is 5.02 Å². The van der Waals surface area contributed by atoms with Crippen molar-refractivity contribution in [2.24, 2.45) is 0 Å². The molecular weight excluding hydrogens is 355 g/mol. The predicted molar refractivity (Wildman–Crippen MR) is 99.1 cm³/mol. The summed E-state index contributed by atoms with van der Waals surface area (Å²) in [6, 6.07) is 6.54. The van der Waals surface area contributed by atoms with E-state index < -0.39 is 11.7 Å². The van der Waals surface area contributed by atoms with Gasteiger partial charge in [0.05, 0.1) is 18.1 Å². The van der Waals surface area contributed by atoms with Crippen LogP contribution in [-0.4, -0.2) is 18.0 Å². The fraction of sp³-hybridized carbons (Fsp3) is 0.400. The lowest BCUT2D eigenvalue weighted by Crippen LogP contribution is -2.29. The van der Waals surface area contributed by atoms with Crippen molar-refractivity contribution < 1.29 is 13.9 Å². The minimum absolute atomic E-state index is 0.0525. The van der Waals surface area contributed by atoms with Crippen LogP contribution in [0.3, 0.4) is 0 Å². The Hall–Kier alpha value is -2.14. The molecule has 1 fully saturated rings. The van der Waals surface area contributed by atoms with Crippen LogP contribution in [0.1, 0.15) is 54.7 Å². The highest BCUT2D eigenvalue weighted by atomic mass is 35.5. The molecule has 0 bridgehead atoms. The van der Waals surface area contributed by atoms with Gasteiger partial charge >= 0.3 is 0 Å². The van der Waals surface area contributed by atoms with E-state index in [4.69, 9.17) is 16.3 Å². The molecule has 1 heterocycles. The highest BCUT2D eigenvalue weighted by Gasteiger charge is 2.25. The lowest BCUT2D eigenvalue weighted by molar-refractivity contribution is -0.122. The van der Waals surface area contributed by atoms with E-state index in [1.807, 2.05) is 19.2 Å². The lowest BCUT2D eigenvalue weighted by atomic mass is 9.95. The zero-order valence-electron chi connectivity index (χ0n) is 14.9. The van der Waals surface area contributed by atoms with Crippen molar-refractivity contribution in [3.05, 3.63) is 58.0 Å². The van der Waals surface area contributed by atoms with Crippen LogP contribution >= 0.6 is 11.6 Å². The van der Waals surface area contributed by atoms with Gasteiger partial charge in [0.2, 0.25) is 11.8 Å². The van der Waals surface area contributed by atoms with Gasteiger partial charge < -0.3 is 10.1 Å². The third kappa shape index (κ3) is 4.15. The molecular formula is C20H22ClFN2O2. The predicted octanol–water partition coefficient (Wildman–Crippen LogP) is 4.57. The lowest BCUT2D eigenvalue weighted by Gasteiger charge is -2.17. The molecule has 6 heteroatoms. The number of ether oxygens (including phenoxy) is 1. The summed E-state index contributed by atoms with van der Waals surface area (Å²) in [5.41, 5.74) is 2.65. The minimum Gasteiger partial charge on any atom is -0.481 e. The molecule has 1 aromatic carbocycles. The fourth-order valence-electron chi connectivity index (χ4n) is 3.07. The van der Waals surface area contributed by atoms with E-state index >= 15 is 0 Å². The van der Waals surface area contributed by atoms with Gasteiger partial charge in [-0.15, -0.1) is 0 Å². The summed E-state index contributed by atoms with van der Waals surface area (Å²) >= 11 is 5.73. The zero-order chi connectivity index (χ0) is 18.7. The molecule has 0 saturated heterocycles. The quantitative estimate of drug-likeness (QED) is 0.770. The maximum absolute atomic E-state index is 13.7. The monoisotopic (exact) mass is 376 g/mol. The van der Waals surface area contributed by atoms with Gasteiger partial charge in [0.1, 0.15) is 5.82 Å². The van der Waals surface area contributed by atoms with Crippen molar-refractivity contribution in [3.63, 3.8) is 0 Å². The number of carbonyl (C=O) groups excluding carboxylic acids is 1. The zero-order valence-corrected chi connectivity index (χ0v) is 15.6. The fourth-order valence-corrected chi connectivity index (χ4v) is 3.19. The Morgan fingerprint density at radius 1 is 1.42 bits per heavy atom. The molecule has 3 rings (SSSR count). The molecule has 1 aliphatic rings. The molecule has 0 radical (unpaired) electrons. The number of halogens is 2. The molecule has 1 atom stereocenters. The number of nitrogens with zero attached hydrogens (tertiary/aromatic N) is 1. The molecule has 1 saturated carbocycles. The van der Waals surface area contributed by atoms with Gasteiger partial charge in [-0.1, -0.05) is 24.6 Å². The second-order valence-electron chi connectivity index (χ2n) is 6.56. The van der Waals surface area contributed by atoms with E-state index in [1.165, 1.54) is 30.5 Å². The Labute approximate surface area is 157 Å². The van der Waals surface area contributed by atoms with Crippen molar-refractivity contribution in [1.82, 2.24) is 10.3 Å². The first-order chi connectivity index (χ1) is 12.5. The van der Waals surface area contributed by atoms with Crippen LogP contribution in [0.15, 0.2) is 30.5 Å². The first-order valence-electron chi connectivity index (χ1n) is 8.79. The number of nitrogens with one attached hydrogen (secondary N) is 1. The SMILES string of the molecule is CC[C@H](C(=O)NCc1cc(C2CC2)cnc1OC)c1ccc(Cl)c(F)c1. The Kier molecular flexibility index (Phi) is 5.77. The largest absolute Gasteiger partial charge is 0.481 e. The Morgan fingerprint density at radius 2 is 2.19 bits per heavy atom. The van der Waals surface area contributed by atoms with Crippen LogP contribution in [0.4, 0.5) is 4.39 Å². The average Bonchev–Trinajstić information content (AvgIpc) is 3.48. The van der Waals surface area contributed by atoms with Crippen LogP contribution in [0.5, 0.6) is 5.88 Å². The van der Waals surface area contributed by atoms with Crippen molar-refractivity contribution in [2.75, 3.05) is 7.11 Å². The molecule has 1 aliphatic carbocycles. The van der Waals surface area contributed by atoms with Crippen molar-refractivity contribution in [2.45, 2.75) is 44.6 Å². The Balaban J connectivity index is 1.72. The van der Waals surface area contributed by atoms with Gasteiger partial charge in [0, 0.05) is 18.3 Å². The Morgan fingerprint density at radius 3 is 2.81 bits per heavy atom. The molecule has 1 aromatic heterocycles. The van der Waals surface area contributed by atoms with Crippen LogP contribution in [0, 0.1) is 5.82 Å². The van der Waals surface area contributed by atoms with Crippen LogP contribution < -0.4 is 10.1 Å². The van der Waals surface area contributed by atoms with E-state index in [0.717, 1.165) is 5.56 Å². The third-order valence-corrected chi connectivity index (χ3v) is 5.02. The van der Waals surface area contributed by atoms with Gasteiger partial charge in [-0.3, -0.25) is 4.79 Å². The maximum Gasteiger partial charge on any atom is 0.227 e. The molecule has 0 aliphatic heterocycles. The van der Waals surface area contributed by atoms with Crippen molar-refractivity contribution in [3.8, 4) is 5.88 Å². The number of rotatable bonds is 7. The van der Waals surface area contributed by atoms with Gasteiger partial charge in [0.25, 0.3) is 0 Å². The van der Waals surface area contributed by atoms with E-state index in [2.05, 4.69) is 10.3 Å². The van der Waals surface area contributed by atoms with Crippen molar-refractivity contribution >= 4 is 17.5 Å². The molecule has 26 heavy (non-hydrogen) atoms. The summed E-state index contributed by atoms with van der Waals surface area (Å²) in [6.07, 6.45) is 4.76. The number of amides is 1. The standard InChI is InChI=1S/C20H22ClFN2O2/c1-3-16(13-6-7-17(21)18(22)9-13)19(25)23-11-15-8-14(12-4-5-12)10-24-20(15)26-2/h6-10,12,16H,3-5,11H2,1-2H3,(H,23,25)/t16-/m0/s1. The highest BCUT2D eigenvalue weighted by molar-refractivity contribution is 6.30. The molecule has 4 nitrogen and oxygen atoms in total. The summed E-state index contributed by atoms with van der Waals surface area (Å²) in [5, 5.41) is 2.98. The summed E-state index contributed by atoms with van der Waals surface area (Å²) in [6.45, 7) is 2.22. The summed E-state index contributed by atoms with van der Waals surface area (Å²) in [4.78, 5) is 17.0. The van der Waals surface area contributed by atoms with Gasteiger partial charge in [-0.25, -0.2) is 9.37 Å². The van der Waals surface area contributed by atoms with E-state index in [9.17, 15) is 9.18 Å². The molecule has 0 unspecified atom stereocenters. The topological polar surface area (TPSA) is 51.2 Å². The first-order valence-corrected chi connectivity index (χ1v) is 9.16. The number of methoxy groups -OCH3 is 1. The summed E-state index contributed by atoms with van der Waals surface area (Å²) < 4.78 is 19.0. The minimum atomic E-state index is -0.515. The number of aromatic nitrogens is 1. The number of benzene rings is 1. The molecule has 1 amide bonds. The molecule has 2 aromatic rings. The van der Waals surface area contributed by atoms with E-state index in [0.29, 0.717) is 30.3 Å². The van der Waals surface area contributed by atoms with Gasteiger partial charge in [-0.05, 0) is 54.5 Å². The van der Waals surface area contributed by atoms with Crippen LogP contribution in [-0.2, 0) is 11.3 Å². The Bertz CT molecular complexity index is 808. The van der Waals surface area contributed by atoms with Gasteiger partial charge in [0.15, 0.2) is 0 Å². The molecule has 0 spiro atoms. The smallest absolute Gasteiger partial charge is 0.227 e. The van der Waals surface area contributed by atoms with Crippen molar-refractivity contribution in [1.29, 1.82) is 0 Å². The summed E-state index contributed by atoms with van der Waals surface area (Å²) in [5.74, 6) is -0.0255. The third-order valence-electron chi connectivity index (χ3n) is 4.71. The van der Waals surface area contributed by atoms with E-state index in [1.54, 1.807) is 13.2 Å². The number of hydrogen-bond acceptors (Lipinski definition) is 3. The number of hydrogen-bond donors (Lipinski definition) is 1. The molecule has 1 N–H and O–H groups in total. The normalized spacial score (nSPS) is 14.8. The second kappa shape index (κ2) is 8.04. The molecule has 138 valence electrons. The number of pyridine rings is 1. The average molecular weight is 377 g/mol. The maximum atomic E-state index is 13.7. The first kappa shape index (κ1) is 18.6. The number of carbonyl (C=O) groups is 1. The van der Waals surface area contributed by atoms with Crippen LogP contribution in [0.25, 0.3) is 0 Å². The summed E-state index contributed by atoms with van der Waals surface area (Å²) in [7, 11) is 1.57. The highest BCUT2D eigenvalue weighted by Crippen LogP contribution is 2.40. The second-order valence-corrected chi connectivity index (χ2v) is 6.97. The van der Waals surface area contributed by atoms with Gasteiger partial charge in [-0.2, -0.15) is 0 Å².